The van der Waals surface area contributed by atoms with Gasteiger partial charge in [-0.05, 0) is 31.9 Å². The summed E-state index contributed by atoms with van der Waals surface area (Å²) in [5.41, 5.74) is 6.79. The number of para-hydroxylation sites is 1. The zero-order valence-corrected chi connectivity index (χ0v) is 12.7. The number of anilines is 3. The highest BCUT2D eigenvalue weighted by Crippen LogP contribution is 2.32. The number of hydrogen-bond donors (Lipinski definition) is 2. The van der Waals surface area contributed by atoms with Crippen LogP contribution in [0.25, 0.3) is 0 Å². The van der Waals surface area contributed by atoms with Crippen LogP contribution in [0.3, 0.4) is 0 Å². The van der Waals surface area contributed by atoms with E-state index < -0.39 is 0 Å². The number of nitrogens with zero attached hydrogens (tertiary/aromatic N) is 2. The molecule has 1 saturated carbocycles. The maximum Gasteiger partial charge on any atom is 0.272 e. The lowest BCUT2D eigenvalue weighted by molar-refractivity contribution is 0.0993. The van der Waals surface area contributed by atoms with E-state index in [4.69, 9.17) is 5.73 Å². The first kappa shape index (κ1) is 13.9. The van der Waals surface area contributed by atoms with Crippen molar-refractivity contribution in [2.45, 2.75) is 25.8 Å². The topological polar surface area (TPSA) is 71.2 Å². The fourth-order valence-electron chi connectivity index (χ4n) is 2.12. The summed E-state index contributed by atoms with van der Waals surface area (Å²) in [6, 6.07) is 10.1. The van der Waals surface area contributed by atoms with Crippen LogP contribution in [0.5, 0.6) is 0 Å². The Morgan fingerprint density at radius 1 is 1.43 bits per heavy atom. The lowest BCUT2D eigenvalue weighted by Crippen LogP contribution is -2.30. The fourth-order valence-corrected chi connectivity index (χ4v) is 3.03. The van der Waals surface area contributed by atoms with E-state index in [2.05, 4.69) is 10.3 Å². The first-order valence-corrected chi connectivity index (χ1v) is 7.90. The summed E-state index contributed by atoms with van der Waals surface area (Å²) in [7, 11) is 0. The zero-order valence-electron chi connectivity index (χ0n) is 11.9. The van der Waals surface area contributed by atoms with Gasteiger partial charge in [-0.1, -0.05) is 29.5 Å². The van der Waals surface area contributed by atoms with Gasteiger partial charge in [0.15, 0.2) is 5.13 Å². The molecule has 1 aliphatic rings. The van der Waals surface area contributed by atoms with Gasteiger partial charge in [-0.15, -0.1) is 0 Å². The average molecular weight is 302 g/mol. The normalized spacial score (nSPS) is 14.0. The Kier molecular flexibility index (Phi) is 3.79. The van der Waals surface area contributed by atoms with Crippen LogP contribution in [-0.2, 0) is 0 Å². The highest BCUT2D eigenvalue weighted by molar-refractivity contribution is 7.18. The molecule has 1 fully saturated rings. The van der Waals surface area contributed by atoms with E-state index in [0.717, 1.165) is 23.7 Å². The predicted octanol–water partition coefficient (Wildman–Crippen LogP) is 2.97. The summed E-state index contributed by atoms with van der Waals surface area (Å²) in [5, 5.41) is 4.02. The number of aromatic nitrogens is 1. The van der Waals surface area contributed by atoms with Crippen LogP contribution in [0.4, 0.5) is 16.6 Å². The van der Waals surface area contributed by atoms with E-state index in [-0.39, 0.29) is 5.91 Å². The molecule has 2 aromatic rings. The molecule has 0 spiro atoms. The van der Waals surface area contributed by atoms with Gasteiger partial charge >= 0.3 is 0 Å². The van der Waals surface area contributed by atoms with E-state index in [1.165, 1.54) is 11.3 Å². The molecular weight excluding hydrogens is 284 g/mol. The first-order chi connectivity index (χ1) is 10.2. The van der Waals surface area contributed by atoms with Gasteiger partial charge in [0, 0.05) is 18.3 Å². The molecule has 3 N–H and O–H groups in total. The maximum atomic E-state index is 12.7. The summed E-state index contributed by atoms with van der Waals surface area (Å²) in [4.78, 5) is 19.2. The summed E-state index contributed by atoms with van der Waals surface area (Å²) in [6.07, 6.45) is 2.32. The van der Waals surface area contributed by atoms with Crippen LogP contribution in [0, 0.1) is 0 Å². The Morgan fingerprint density at radius 2 is 2.14 bits per heavy atom. The molecule has 0 unspecified atom stereocenters. The molecule has 0 aliphatic heterocycles. The largest absolute Gasteiger partial charge is 0.382 e. The minimum atomic E-state index is -0.0949. The number of nitrogen functional groups attached to an aromatic ring is 1. The molecule has 3 rings (SSSR count). The van der Waals surface area contributed by atoms with Crippen LogP contribution in [0.2, 0.25) is 0 Å². The standard InChI is InChI=1S/C15H18N4OS/c1-2-19(11-6-4-3-5-7-11)14(20)12-13(16)18-15(21-12)17-10-8-9-10/h3-7,10H,2,8-9,16H2,1H3,(H,17,18). The molecule has 0 bridgehead atoms. The lowest BCUT2D eigenvalue weighted by atomic mass is 10.2. The Labute approximate surface area is 127 Å². The summed E-state index contributed by atoms with van der Waals surface area (Å²) >= 11 is 1.34. The van der Waals surface area contributed by atoms with E-state index in [9.17, 15) is 4.79 Å². The summed E-state index contributed by atoms with van der Waals surface area (Å²) in [6.45, 7) is 2.54. The number of rotatable bonds is 5. The van der Waals surface area contributed by atoms with Crippen LogP contribution in [-0.4, -0.2) is 23.5 Å². The molecule has 1 aromatic carbocycles. The van der Waals surface area contributed by atoms with Crippen molar-refractivity contribution >= 4 is 33.9 Å². The molecule has 6 heteroatoms. The van der Waals surface area contributed by atoms with Gasteiger partial charge in [-0.2, -0.15) is 0 Å². The van der Waals surface area contributed by atoms with Gasteiger partial charge in [0.05, 0.1) is 0 Å². The molecule has 0 radical (unpaired) electrons. The van der Waals surface area contributed by atoms with E-state index >= 15 is 0 Å². The van der Waals surface area contributed by atoms with Crippen molar-refractivity contribution in [3.63, 3.8) is 0 Å². The SMILES string of the molecule is CCN(C(=O)c1sc(NC2CC2)nc1N)c1ccccc1. The quantitative estimate of drug-likeness (QED) is 0.890. The molecule has 1 amide bonds. The van der Waals surface area contributed by atoms with E-state index in [0.29, 0.717) is 23.3 Å². The molecular formula is C15H18N4OS. The number of amides is 1. The summed E-state index contributed by atoms with van der Waals surface area (Å²) < 4.78 is 0. The van der Waals surface area contributed by atoms with Crippen molar-refractivity contribution in [3.8, 4) is 0 Å². The minimum Gasteiger partial charge on any atom is -0.382 e. The molecule has 1 aromatic heterocycles. The Bertz CT molecular complexity index is 636. The molecule has 0 atom stereocenters. The van der Waals surface area contributed by atoms with Crippen LogP contribution >= 0.6 is 11.3 Å². The number of carbonyl (C=O) groups excluding carboxylic acids is 1. The van der Waals surface area contributed by atoms with Crippen molar-refractivity contribution in [1.29, 1.82) is 0 Å². The second-order valence-electron chi connectivity index (χ2n) is 5.04. The fraction of sp³-hybridized carbons (Fsp3) is 0.333. The van der Waals surface area contributed by atoms with Crippen molar-refractivity contribution in [1.82, 2.24) is 4.98 Å². The second kappa shape index (κ2) is 5.73. The predicted molar refractivity (Wildman–Crippen MR) is 87.0 cm³/mol. The number of nitrogens with two attached hydrogens (primary N) is 1. The van der Waals surface area contributed by atoms with Gasteiger partial charge in [0.1, 0.15) is 10.7 Å². The Balaban J connectivity index is 1.84. The molecule has 5 nitrogen and oxygen atoms in total. The third-order valence-corrected chi connectivity index (χ3v) is 4.37. The number of thiazole rings is 1. The highest BCUT2D eigenvalue weighted by atomic mass is 32.1. The second-order valence-corrected chi connectivity index (χ2v) is 6.04. The van der Waals surface area contributed by atoms with Crippen LogP contribution in [0.1, 0.15) is 29.4 Å². The number of benzene rings is 1. The Hall–Kier alpha value is -2.08. The molecule has 1 heterocycles. The third-order valence-electron chi connectivity index (χ3n) is 3.38. The first-order valence-electron chi connectivity index (χ1n) is 7.08. The van der Waals surface area contributed by atoms with Gasteiger partial charge in [0.25, 0.3) is 5.91 Å². The van der Waals surface area contributed by atoms with Crippen LogP contribution in [0.15, 0.2) is 30.3 Å². The third kappa shape index (κ3) is 3.00. The lowest BCUT2D eigenvalue weighted by Gasteiger charge is -2.20. The molecule has 1 aliphatic carbocycles. The van der Waals surface area contributed by atoms with E-state index in [1.807, 2.05) is 37.3 Å². The highest BCUT2D eigenvalue weighted by Gasteiger charge is 2.26. The van der Waals surface area contributed by atoms with Crippen molar-refractivity contribution in [2.24, 2.45) is 0 Å². The van der Waals surface area contributed by atoms with Crippen LogP contribution < -0.4 is 16.0 Å². The van der Waals surface area contributed by atoms with Crippen molar-refractivity contribution in [2.75, 3.05) is 22.5 Å². The monoisotopic (exact) mass is 302 g/mol. The molecule has 0 saturated heterocycles. The summed E-state index contributed by atoms with van der Waals surface area (Å²) in [5.74, 6) is 0.213. The average Bonchev–Trinajstić information content (AvgIpc) is 3.22. The van der Waals surface area contributed by atoms with E-state index in [1.54, 1.807) is 4.90 Å². The molecule has 21 heavy (non-hydrogen) atoms. The Morgan fingerprint density at radius 3 is 2.76 bits per heavy atom. The smallest absolute Gasteiger partial charge is 0.272 e. The minimum absolute atomic E-state index is 0.0949. The molecule has 110 valence electrons. The van der Waals surface area contributed by atoms with Crippen molar-refractivity contribution in [3.05, 3.63) is 35.2 Å². The van der Waals surface area contributed by atoms with Gasteiger partial charge < -0.3 is 16.0 Å². The number of hydrogen-bond acceptors (Lipinski definition) is 5. The number of nitrogens with one attached hydrogen (secondary N) is 1. The van der Waals surface area contributed by atoms with Gasteiger partial charge in [0.2, 0.25) is 0 Å². The van der Waals surface area contributed by atoms with Gasteiger partial charge in [-0.25, -0.2) is 4.98 Å². The van der Waals surface area contributed by atoms with Crippen molar-refractivity contribution < 1.29 is 4.79 Å². The zero-order chi connectivity index (χ0) is 14.8. The van der Waals surface area contributed by atoms with Gasteiger partial charge in [-0.3, -0.25) is 4.79 Å². The number of carbonyl (C=O) groups is 1. The maximum absolute atomic E-state index is 12.7.